The number of carbonyl (C=O) groups excluding carboxylic acids is 1. The van der Waals surface area contributed by atoms with Gasteiger partial charge in [0.2, 0.25) is 15.9 Å². The molecule has 1 aliphatic heterocycles. The highest BCUT2D eigenvalue weighted by atomic mass is 32.2. The monoisotopic (exact) mass is 455 g/mol. The molecule has 2 aromatic carbocycles. The summed E-state index contributed by atoms with van der Waals surface area (Å²) in [5, 5.41) is 6.00. The van der Waals surface area contributed by atoms with Gasteiger partial charge in [-0.1, -0.05) is 48.5 Å². The molecule has 0 bridgehead atoms. The first-order valence-corrected chi connectivity index (χ1v) is 12.7. The molecule has 1 N–H and O–H groups in total. The normalized spacial score (nSPS) is 15.6. The Kier molecular flexibility index (Phi) is 6.80. The summed E-state index contributed by atoms with van der Waals surface area (Å²) in [7, 11) is -3.49. The number of rotatable bonds is 7. The molecule has 162 valence electrons. The Morgan fingerprint density at radius 2 is 1.68 bits per heavy atom. The number of aromatic nitrogens is 1. The van der Waals surface area contributed by atoms with Gasteiger partial charge in [-0.3, -0.25) is 4.79 Å². The lowest BCUT2D eigenvalue weighted by Gasteiger charge is -2.30. The Bertz CT molecular complexity index is 1110. The van der Waals surface area contributed by atoms with Gasteiger partial charge >= 0.3 is 0 Å². The third kappa shape index (κ3) is 5.20. The van der Waals surface area contributed by atoms with E-state index in [0.29, 0.717) is 43.8 Å². The van der Waals surface area contributed by atoms with Crippen LogP contribution in [0.25, 0.3) is 10.6 Å². The average Bonchev–Trinajstić information content (AvgIpc) is 3.29. The zero-order valence-electron chi connectivity index (χ0n) is 17.1. The third-order valence-electron chi connectivity index (χ3n) is 5.46. The lowest BCUT2D eigenvalue weighted by molar-refractivity contribution is -0.126. The van der Waals surface area contributed by atoms with Gasteiger partial charge in [-0.25, -0.2) is 13.4 Å². The molecule has 0 atom stereocenters. The quantitative estimate of drug-likeness (QED) is 0.591. The van der Waals surface area contributed by atoms with Gasteiger partial charge in [0.05, 0.1) is 10.6 Å². The van der Waals surface area contributed by atoms with Crippen molar-refractivity contribution in [1.82, 2.24) is 14.6 Å². The molecule has 0 saturated carbocycles. The van der Waals surface area contributed by atoms with E-state index in [2.05, 4.69) is 10.3 Å². The molecule has 31 heavy (non-hydrogen) atoms. The molecular weight excluding hydrogens is 430 g/mol. The summed E-state index contributed by atoms with van der Waals surface area (Å²) in [5.74, 6) is -0.159. The van der Waals surface area contributed by atoms with Crippen molar-refractivity contribution in [3.8, 4) is 10.6 Å². The van der Waals surface area contributed by atoms with Crippen molar-refractivity contribution in [2.45, 2.75) is 24.2 Å². The summed E-state index contributed by atoms with van der Waals surface area (Å²) in [5.41, 5.74) is 2.06. The van der Waals surface area contributed by atoms with Crippen molar-refractivity contribution in [3.63, 3.8) is 0 Å². The van der Waals surface area contributed by atoms with E-state index in [0.717, 1.165) is 16.3 Å². The minimum Gasteiger partial charge on any atom is -0.355 e. The highest BCUT2D eigenvalue weighted by Crippen LogP contribution is 2.25. The molecule has 4 rings (SSSR count). The summed E-state index contributed by atoms with van der Waals surface area (Å²) in [4.78, 5) is 17.5. The van der Waals surface area contributed by atoms with Crippen LogP contribution < -0.4 is 5.32 Å². The SMILES string of the molecule is O=C(NCCc1csc(-c2ccccc2)n1)C1CCN(S(=O)(=O)c2ccccc2)CC1. The maximum absolute atomic E-state index is 12.7. The van der Waals surface area contributed by atoms with Gasteiger partial charge in [-0.2, -0.15) is 4.31 Å². The van der Waals surface area contributed by atoms with Crippen LogP contribution in [0.5, 0.6) is 0 Å². The zero-order chi connectivity index (χ0) is 21.7. The zero-order valence-corrected chi connectivity index (χ0v) is 18.7. The Hall–Kier alpha value is -2.55. The van der Waals surface area contributed by atoms with Crippen LogP contribution in [0.4, 0.5) is 0 Å². The first kappa shape index (κ1) is 21.7. The van der Waals surface area contributed by atoms with E-state index in [1.807, 2.05) is 35.7 Å². The maximum atomic E-state index is 12.7. The van der Waals surface area contributed by atoms with Gasteiger partial charge < -0.3 is 5.32 Å². The van der Waals surface area contributed by atoms with Crippen LogP contribution in [-0.2, 0) is 21.2 Å². The van der Waals surface area contributed by atoms with Crippen LogP contribution in [0, 0.1) is 5.92 Å². The minimum atomic E-state index is -3.49. The van der Waals surface area contributed by atoms with E-state index in [1.54, 1.807) is 41.7 Å². The fraction of sp³-hybridized carbons (Fsp3) is 0.304. The van der Waals surface area contributed by atoms with Crippen molar-refractivity contribution >= 4 is 27.3 Å². The summed E-state index contributed by atoms with van der Waals surface area (Å²) in [6, 6.07) is 18.5. The molecule has 0 radical (unpaired) electrons. The molecule has 3 aromatic rings. The number of nitrogens with zero attached hydrogens (tertiary/aromatic N) is 2. The molecule has 1 fully saturated rings. The molecule has 1 aromatic heterocycles. The Morgan fingerprint density at radius 1 is 1.03 bits per heavy atom. The van der Waals surface area contributed by atoms with Crippen LogP contribution in [-0.4, -0.2) is 43.2 Å². The molecule has 6 nitrogen and oxygen atoms in total. The first-order chi connectivity index (χ1) is 15.0. The third-order valence-corrected chi connectivity index (χ3v) is 8.31. The number of hydrogen-bond donors (Lipinski definition) is 1. The summed E-state index contributed by atoms with van der Waals surface area (Å²) >= 11 is 1.60. The number of nitrogens with one attached hydrogen (secondary N) is 1. The number of carbonyl (C=O) groups is 1. The fourth-order valence-electron chi connectivity index (χ4n) is 3.69. The molecule has 0 unspecified atom stereocenters. The van der Waals surface area contributed by atoms with Crippen LogP contribution in [0.3, 0.4) is 0 Å². The highest BCUT2D eigenvalue weighted by molar-refractivity contribution is 7.89. The highest BCUT2D eigenvalue weighted by Gasteiger charge is 2.31. The molecule has 1 aliphatic rings. The van der Waals surface area contributed by atoms with Crippen LogP contribution >= 0.6 is 11.3 Å². The molecule has 2 heterocycles. The fourth-order valence-corrected chi connectivity index (χ4v) is 6.04. The molecule has 8 heteroatoms. The first-order valence-electron chi connectivity index (χ1n) is 10.4. The number of sulfonamides is 1. The predicted molar refractivity (Wildman–Crippen MR) is 122 cm³/mol. The topological polar surface area (TPSA) is 79.4 Å². The van der Waals surface area contributed by atoms with Crippen LogP contribution in [0.2, 0.25) is 0 Å². The molecular formula is C23H25N3O3S2. The summed E-state index contributed by atoms with van der Waals surface area (Å²) in [6.07, 6.45) is 1.75. The van der Waals surface area contributed by atoms with Crippen LogP contribution in [0.15, 0.2) is 70.9 Å². The Morgan fingerprint density at radius 3 is 2.35 bits per heavy atom. The maximum Gasteiger partial charge on any atom is 0.243 e. The largest absolute Gasteiger partial charge is 0.355 e. The van der Waals surface area contributed by atoms with Crippen molar-refractivity contribution < 1.29 is 13.2 Å². The second-order valence-electron chi connectivity index (χ2n) is 7.54. The number of amides is 1. The van der Waals surface area contributed by atoms with Gasteiger partial charge in [0.1, 0.15) is 5.01 Å². The number of benzene rings is 2. The summed E-state index contributed by atoms with van der Waals surface area (Å²) in [6.45, 7) is 1.25. The van der Waals surface area contributed by atoms with E-state index in [9.17, 15) is 13.2 Å². The summed E-state index contributed by atoms with van der Waals surface area (Å²) < 4.78 is 26.9. The van der Waals surface area contributed by atoms with Gasteiger partial charge in [0.25, 0.3) is 0 Å². The minimum absolute atomic E-state index is 0.00438. The van der Waals surface area contributed by atoms with E-state index < -0.39 is 10.0 Å². The van der Waals surface area contributed by atoms with Crippen molar-refractivity contribution in [3.05, 3.63) is 71.7 Å². The second kappa shape index (κ2) is 9.72. The van der Waals surface area contributed by atoms with E-state index in [1.165, 1.54) is 4.31 Å². The molecule has 1 amide bonds. The van der Waals surface area contributed by atoms with Gasteiger partial charge in [-0.15, -0.1) is 11.3 Å². The van der Waals surface area contributed by atoms with E-state index in [-0.39, 0.29) is 11.8 Å². The van der Waals surface area contributed by atoms with E-state index >= 15 is 0 Å². The second-order valence-corrected chi connectivity index (χ2v) is 10.3. The Labute approximate surface area is 187 Å². The van der Waals surface area contributed by atoms with Gasteiger partial charge in [-0.05, 0) is 25.0 Å². The standard InChI is InChI=1S/C23H25N3O3S2/c27-22(24-14-11-20-17-30-23(25-20)19-7-3-1-4-8-19)18-12-15-26(16-13-18)31(28,29)21-9-5-2-6-10-21/h1-10,17-18H,11-16H2,(H,24,27). The lowest BCUT2D eigenvalue weighted by atomic mass is 9.97. The van der Waals surface area contributed by atoms with Gasteiger partial charge in [0, 0.05) is 42.9 Å². The Balaban J connectivity index is 1.24. The van der Waals surface area contributed by atoms with Crippen molar-refractivity contribution in [1.29, 1.82) is 0 Å². The lowest BCUT2D eigenvalue weighted by Crippen LogP contribution is -2.43. The molecule has 1 saturated heterocycles. The average molecular weight is 456 g/mol. The number of thiazole rings is 1. The van der Waals surface area contributed by atoms with Crippen molar-refractivity contribution in [2.75, 3.05) is 19.6 Å². The van der Waals surface area contributed by atoms with Crippen LogP contribution in [0.1, 0.15) is 18.5 Å². The number of hydrogen-bond acceptors (Lipinski definition) is 5. The predicted octanol–water partition coefficient (Wildman–Crippen LogP) is 3.57. The molecule has 0 spiro atoms. The van der Waals surface area contributed by atoms with Crippen molar-refractivity contribution in [2.24, 2.45) is 5.92 Å². The molecule has 0 aliphatic carbocycles. The van der Waals surface area contributed by atoms with E-state index in [4.69, 9.17) is 0 Å². The smallest absolute Gasteiger partial charge is 0.243 e. The number of piperidine rings is 1. The van der Waals surface area contributed by atoms with Gasteiger partial charge in [0.15, 0.2) is 0 Å².